The van der Waals surface area contributed by atoms with Gasteiger partial charge in [-0.15, -0.1) is 37.2 Å². The van der Waals surface area contributed by atoms with E-state index in [1.165, 1.54) is 16.5 Å². The molecule has 1 N–H and O–H groups in total. The molecule has 2 aromatic heterocycles. The number of rotatable bonds is 10. The number of carbonyl (C=O) groups is 1. The second-order valence-electron chi connectivity index (χ2n) is 8.90. The van der Waals surface area contributed by atoms with Gasteiger partial charge >= 0.3 is 0 Å². The molecule has 1 aliphatic rings. The molecular formula is C29H33Cl3N4O2. The van der Waals surface area contributed by atoms with Crippen LogP contribution in [0.3, 0.4) is 0 Å². The highest BCUT2D eigenvalue weighted by Crippen LogP contribution is 2.21. The molecule has 1 amide bonds. The predicted octanol–water partition coefficient (Wildman–Crippen LogP) is 5.69. The van der Waals surface area contributed by atoms with Crippen molar-refractivity contribution in [1.82, 2.24) is 20.2 Å². The van der Waals surface area contributed by atoms with Crippen molar-refractivity contribution in [3.63, 3.8) is 0 Å². The number of carbonyl (C=O) groups excluding carboxylic acids is 1. The first-order valence-electron chi connectivity index (χ1n) is 12.2. The van der Waals surface area contributed by atoms with Crippen LogP contribution in [0, 0.1) is 0 Å². The quantitative estimate of drug-likeness (QED) is 0.246. The number of benzene rings is 2. The van der Waals surface area contributed by atoms with Gasteiger partial charge in [-0.2, -0.15) is 0 Å². The molecule has 4 aromatic rings. The average molecular weight is 576 g/mol. The first-order valence-corrected chi connectivity index (χ1v) is 12.2. The van der Waals surface area contributed by atoms with E-state index < -0.39 is 0 Å². The number of hydrogen-bond acceptors (Lipinski definition) is 5. The summed E-state index contributed by atoms with van der Waals surface area (Å²) in [6.45, 7) is 4.04. The Kier molecular flexibility index (Phi) is 12.8. The Balaban J connectivity index is 0.00000169. The summed E-state index contributed by atoms with van der Waals surface area (Å²) in [5.74, 6) is 0.839. The molecule has 0 aliphatic carbocycles. The lowest BCUT2D eigenvalue weighted by Gasteiger charge is -2.23. The Labute approximate surface area is 242 Å². The maximum Gasteiger partial charge on any atom is 0.251 e. The maximum absolute atomic E-state index is 12.0. The highest BCUT2D eigenvalue weighted by Gasteiger charge is 2.17. The van der Waals surface area contributed by atoms with Crippen LogP contribution < -0.4 is 10.1 Å². The fourth-order valence-corrected chi connectivity index (χ4v) is 4.61. The highest BCUT2D eigenvalue weighted by atomic mass is 35.5. The van der Waals surface area contributed by atoms with E-state index in [0.717, 1.165) is 61.3 Å². The van der Waals surface area contributed by atoms with Gasteiger partial charge in [0, 0.05) is 55.7 Å². The number of aromatic nitrogens is 2. The van der Waals surface area contributed by atoms with Crippen LogP contribution in [0.5, 0.6) is 5.75 Å². The summed E-state index contributed by atoms with van der Waals surface area (Å²) in [5.41, 5.74) is 5.38. The van der Waals surface area contributed by atoms with E-state index in [9.17, 15) is 4.79 Å². The minimum atomic E-state index is 0. The number of halogens is 3. The molecule has 38 heavy (non-hydrogen) atoms. The number of nitrogens with one attached hydrogen (secondary N) is 1. The van der Waals surface area contributed by atoms with Crippen molar-refractivity contribution in [2.75, 3.05) is 26.2 Å². The molecule has 5 rings (SSSR count). The van der Waals surface area contributed by atoms with Crippen LogP contribution in [0.1, 0.15) is 33.5 Å². The van der Waals surface area contributed by atoms with E-state index in [-0.39, 0.29) is 43.1 Å². The van der Waals surface area contributed by atoms with Gasteiger partial charge in [0.15, 0.2) is 0 Å². The molecule has 1 aliphatic heterocycles. The topological polar surface area (TPSA) is 67.3 Å². The van der Waals surface area contributed by atoms with Crippen molar-refractivity contribution in [1.29, 1.82) is 0 Å². The Morgan fingerprint density at radius 3 is 2.66 bits per heavy atom. The van der Waals surface area contributed by atoms with Crippen LogP contribution in [-0.2, 0) is 19.4 Å². The van der Waals surface area contributed by atoms with Crippen molar-refractivity contribution in [3.05, 3.63) is 102 Å². The van der Waals surface area contributed by atoms with Crippen molar-refractivity contribution >= 4 is 54.0 Å². The number of fused-ring (bicyclic) bond motifs is 2. The van der Waals surface area contributed by atoms with E-state index in [2.05, 4.69) is 50.5 Å². The van der Waals surface area contributed by atoms with Crippen LogP contribution >= 0.6 is 37.2 Å². The summed E-state index contributed by atoms with van der Waals surface area (Å²) in [6.07, 6.45) is 8.36. The Morgan fingerprint density at radius 1 is 0.947 bits per heavy atom. The molecule has 3 heterocycles. The van der Waals surface area contributed by atoms with Crippen molar-refractivity contribution in [3.8, 4) is 5.75 Å². The Morgan fingerprint density at radius 2 is 1.82 bits per heavy atom. The summed E-state index contributed by atoms with van der Waals surface area (Å²) >= 11 is 0. The molecule has 0 unspecified atom stereocenters. The number of amides is 1. The normalized spacial score (nSPS) is 12.0. The lowest BCUT2D eigenvalue weighted by Crippen LogP contribution is -2.31. The lowest BCUT2D eigenvalue weighted by atomic mass is 10.0. The van der Waals surface area contributed by atoms with E-state index in [4.69, 9.17) is 4.74 Å². The van der Waals surface area contributed by atoms with Crippen LogP contribution in [0.2, 0.25) is 0 Å². The van der Waals surface area contributed by atoms with Crippen molar-refractivity contribution in [2.24, 2.45) is 0 Å². The van der Waals surface area contributed by atoms with E-state index >= 15 is 0 Å². The summed E-state index contributed by atoms with van der Waals surface area (Å²) < 4.78 is 6.06. The molecule has 0 saturated carbocycles. The third-order valence-electron chi connectivity index (χ3n) is 6.46. The molecule has 0 saturated heterocycles. The van der Waals surface area contributed by atoms with Gasteiger partial charge in [-0.3, -0.25) is 19.7 Å². The summed E-state index contributed by atoms with van der Waals surface area (Å²) in [5, 5.41) is 4.09. The van der Waals surface area contributed by atoms with Crippen molar-refractivity contribution < 1.29 is 9.53 Å². The number of para-hydroxylation sites is 1. The standard InChI is InChI=1S/C29H30N4O2.3ClH/c34-29-27-9-8-25(19-23(27)10-15-32-29)35-18-4-16-33(17-12-22-5-3-13-30-20-22)21-24-11-14-31-28-7-2-1-6-26(24)28;;;/h1-3,5-9,11,13-14,19-20H,4,10,12,15-18,21H2,(H,32,34);3*1H. The third kappa shape index (κ3) is 8.05. The molecule has 0 bridgehead atoms. The minimum absolute atomic E-state index is 0. The maximum atomic E-state index is 12.0. The first kappa shape index (κ1) is 31.3. The molecule has 0 fully saturated rings. The van der Waals surface area contributed by atoms with E-state index in [0.29, 0.717) is 13.2 Å². The first-order chi connectivity index (χ1) is 17.3. The van der Waals surface area contributed by atoms with E-state index in [1.54, 1.807) is 0 Å². The second kappa shape index (κ2) is 15.5. The number of hydrogen-bond donors (Lipinski definition) is 1. The van der Waals surface area contributed by atoms with Crippen LogP contribution in [0.25, 0.3) is 10.9 Å². The van der Waals surface area contributed by atoms with Gasteiger partial charge in [-0.1, -0.05) is 24.3 Å². The fourth-order valence-electron chi connectivity index (χ4n) is 4.61. The van der Waals surface area contributed by atoms with Gasteiger partial charge in [0.05, 0.1) is 12.1 Å². The van der Waals surface area contributed by atoms with Gasteiger partial charge in [-0.05, 0) is 72.4 Å². The average Bonchev–Trinajstić information content (AvgIpc) is 2.90. The van der Waals surface area contributed by atoms with Gasteiger partial charge in [0.25, 0.3) is 5.91 Å². The zero-order valence-corrected chi connectivity index (χ0v) is 23.5. The molecule has 0 atom stereocenters. The van der Waals surface area contributed by atoms with Gasteiger partial charge < -0.3 is 10.1 Å². The molecule has 0 radical (unpaired) electrons. The summed E-state index contributed by atoms with van der Waals surface area (Å²) in [6, 6.07) is 20.3. The molecule has 9 heteroatoms. The molecule has 6 nitrogen and oxygen atoms in total. The van der Waals surface area contributed by atoms with Crippen LogP contribution in [0.4, 0.5) is 0 Å². The smallest absolute Gasteiger partial charge is 0.251 e. The monoisotopic (exact) mass is 574 g/mol. The largest absolute Gasteiger partial charge is 0.494 e. The predicted molar refractivity (Wildman–Crippen MR) is 159 cm³/mol. The minimum Gasteiger partial charge on any atom is -0.494 e. The SMILES string of the molecule is Cl.Cl.Cl.O=C1NCCc2cc(OCCCN(CCc3cccnc3)Cc3ccnc4ccccc34)ccc21. The third-order valence-corrected chi connectivity index (χ3v) is 6.46. The summed E-state index contributed by atoms with van der Waals surface area (Å²) in [4.78, 5) is 23.2. The van der Waals surface area contributed by atoms with Gasteiger partial charge in [0.1, 0.15) is 5.75 Å². The molecular weight excluding hydrogens is 543 g/mol. The number of nitrogens with zero attached hydrogens (tertiary/aromatic N) is 3. The van der Waals surface area contributed by atoms with Crippen molar-refractivity contribution in [2.45, 2.75) is 25.8 Å². The molecule has 0 spiro atoms. The summed E-state index contributed by atoms with van der Waals surface area (Å²) in [7, 11) is 0. The van der Waals surface area contributed by atoms with E-state index in [1.807, 2.05) is 48.9 Å². The Hall–Kier alpha value is -2.90. The Bertz CT molecular complexity index is 1300. The van der Waals surface area contributed by atoms with Gasteiger partial charge in [-0.25, -0.2) is 0 Å². The lowest BCUT2D eigenvalue weighted by molar-refractivity contribution is 0.0946. The van der Waals surface area contributed by atoms with Crippen LogP contribution in [0.15, 0.2) is 79.3 Å². The zero-order chi connectivity index (χ0) is 23.9. The highest BCUT2D eigenvalue weighted by molar-refractivity contribution is 5.96. The van der Waals surface area contributed by atoms with Gasteiger partial charge in [0.2, 0.25) is 0 Å². The number of pyridine rings is 2. The van der Waals surface area contributed by atoms with Crippen LogP contribution in [-0.4, -0.2) is 47.0 Å². The molecule has 2 aromatic carbocycles. The second-order valence-corrected chi connectivity index (χ2v) is 8.90. The number of ether oxygens (including phenoxy) is 1. The zero-order valence-electron chi connectivity index (χ0n) is 21.0. The molecule has 202 valence electrons. The fraction of sp³-hybridized carbons (Fsp3) is 0.276.